The molecule has 3 aliphatic heterocycles. The molecule has 28 heteroatoms. The number of nitrogens with zero attached hydrogens (tertiary/aromatic N) is 9. The Labute approximate surface area is 581 Å². The Kier molecular flexibility index (Phi) is 28.8. The number of likely N-dealkylation sites (N-methyl/N-ethyl adjacent to an activating group) is 7. The highest BCUT2D eigenvalue weighted by molar-refractivity contribution is 6.31. The number of rotatable bonds is 11. The minimum Gasteiger partial charge on any atom is -0.343 e. The summed E-state index contributed by atoms with van der Waals surface area (Å²) in [6.07, 6.45) is 2.88. The molecule has 5 fully saturated rings. The zero-order valence-corrected chi connectivity index (χ0v) is 60.7. The first-order chi connectivity index (χ1) is 46.1. The van der Waals surface area contributed by atoms with E-state index in [-0.39, 0.29) is 51.0 Å². The molecule has 3 heterocycles. The molecule has 0 bridgehead atoms. The van der Waals surface area contributed by atoms with Gasteiger partial charge in [-0.25, -0.2) is 0 Å². The zero-order valence-electron chi connectivity index (χ0n) is 59.9. The van der Waals surface area contributed by atoms with Crippen molar-refractivity contribution in [3.8, 4) is 0 Å². The lowest BCUT2D eigenvalue weighted by Gasteiger charge is -2.43. The van der Waals surface area contributed by atoms with Crippen LogP contribution in [0.1, 0.15) is 175 Å². The van der Waals surface area contributed by atoms with Gasteiger partial charge in [0.2, 0.25) is 70.9 Å². The number of piperidine rings is 1. The predicted octanol–water partition coefficient (Wildman–Crippen LogP) is 5.50. The molecule has 3 N–H and O–H groups in total. The number of carbonyl (C=O) groups is 12. The molecule has 2 aliphatic carbocycles. The Morgan fingerprint density at radius 3 is 1.82 bits per heavy atom. The average Bonchev–Trinajstić information content (AvgIpc) is 1.31. The van der Waals surface area contributed by atoms with Gasteiger partial charge >= 0.3 is 6.18 Å². The molecule has 1 aromatic rings. The Morgan fingerprint density at radius 2 is 1.22 bits per heavy atom. The van der Waals surface area contributed by atoms with Gasteiger partial charge in [0.25, 0.3) is 0 Å². The van der Waals surface area contributed by atoms with Gasteiger partial charge in [0.05, 0.1) is 36.6 Å². The minimum atomic E-state index is -4.76. The van der Waals surface area contributed by atoms with Crippen LogP contribution in [0.4, 0.5) is 13.2 Å². The van der Waals surface area contributed by atoms with Crippen LogP contribution in [0.2, 0.25) is 5.02 Å². The van der Waals surface area contributed by atoms with Gasteiger partial charge in [-0.1, -0.05) is 104 Å². The van der Waals surface area contributed by atoms with Gasteiger partial charge in [-0.3, -0.25) is 57.5 Å². The number of alkyl halides is 3. The standard InChI is InChI=1S/C70H108ClF3N12O12/c1-14-44(5)58-65(95)80(9)41-56(89)78(7)42-57(90)83(12)59(45(6)15-2)66(96)79(8)40-54(87)75-50(31-29-46-28-30-48(49(71)38-46)70(72,73)74)63(93)86-36-24-27-51(86)62(92)77-69(32-20-21-33-69)68(98)84(13)60(47-25-18-16-19-26-47)67(97)82(11)53(64(94)85-34-22-17-23-35-85)39-55(88)81(10)52(37-43(3)4)61(91)76-58/h28,30,38,43-45,47,50-53,58-60H,14-27,29,31-37,39-42H2,1-13H3,(H,75,87)(H,76,91)(H,77,92)/t44-,45-,50-,51?,52-,53-,58-,59-,60-/m0/s1. The third-order valence-corrected chi connectivity index (χ3v) is 21.5. The van der Waals surface area contributed by atoms with Gasteiger partial charge in [0.1, 0.15) is 47.8 Å². The molecule has 548 valence electrons. The summed E-state index contributed by atoms with van der Waals surface area (Å²) < 4.78 is 41.5. The van der Waals surface area contributed by atoms with Crippen molar-refractivity contribution >= 4 is 82.5 Å². The second-order valence-corrected chi connectivity index (χ2v) is 29.2. The summed E-state index contributed by atoms with van der Waals surface area (Å²) in [5.41, 5.74) is -2.35. The highest BCUT2D eigenvalue weighted by Crippen LogP contribution is 2.38. The van der Waals surface area contributed by atoms with Crippen LogP contribution in [-0.2, 0) is 70.1 Å². The third-order valence-electron chi connectivity index (χ3n) is 21.2. The van der Waals surface area contributed by atoms with Crippen LogP contribution < -0.4 is 16.0 Å². The lowest BCUT2D eigenvalue weighted by molar-refractivity contribution is -0.157. The van der Waals surface area contributed by atoms with Crippen molar-refractivity contribution in [1.82, 2.24) is 60.0 Å². The number of likely N-dealkylation sites (tertiary alicyclic amines) is 1. The number of hydrogen-bond donors (Lipinski definition) is 3. The summed E-state index contributed by atoms with van der Waals surface area (Å²) >= 11 is 6.14. The molecule has 6 rings (SSSR count). The SMILES string of the molecule is CC[C@H](C)[C@@H]1NC(=O)[C@H](CC(C)C)N(C)C(=O)C[C@@H](C(=O)N2CCCCC2)N(C)C(=O)[C@H](C2CCCCC2)N(C)C(=O)C2(CCCC2)NC(=O)C2CCCN2C(=O)[C@H](CCc2ccc(C(F)(F)F)c(Cl)c2)NC(=O)CN(C)C(=O)[C@H]([C@@H](C)CC)N(C)C(=O)CN(C)C(=O)CN(C)C1=O. The van der Waals surface area contributed by atoms with E-state index in [2.05, 4.69) is 16.0 Å². The maximum atomic E-state index is 15.8. The van der Waals surface area contributed by atoms with E-state index in [1.165, 1.54) is 79.9 Å². The van der Waals surface area contributed by atoms with E-state index in [9.17, 15) is 41.9 Å². The van der Waals surface area contributed by atoms with Gasteiger partial charge in [-0.15, -0.1) is 0 Å². The molecule has 98 heavy (non-hydrogen) atoms. The Morgan fingerprint density at radius 1 is 0.622 bits per heavy atom. The number of halogens is 4. The van der Waals surface area contributed by atoms with Crippen molar-refractivity contribution in [3.63, 3.8) is 0 Å². The Hall–Kier alpha value is -7.06. The van der Waals surface area contributed by atoms with E-state index in [0.717, 1.165) is 52.5 Å². The molecule has 5 aliphatic rings. The highest BCUT2D eigenvalue weighted by Gasteiger charge is 2.51. The van der Waals surface area contributed by atoms with Gasteiger partial charge in [0, 0.05) is 69.0 Å². The maximum absolute atomic E-state index is 15.8. The smallest absolute Gasteiger partial charge is 0.343 e. The van der Waals surface area contributed by atoms with Crippen LogP contribution in [0.25, 0.3) is 0 Å². The van der Waals surface area contributed by atoms with E-state index in [4.69, 9.17) is 11.6 Å². The number of amides is 12. The van der Waals surface area contributed by atoms with Crippen LogP contribution >= 0.6 is 11.6 Å². The van der Waals surface area contributed by atoms with E-state index < -0.39 is 179 Å². The lowest BCUT2D eigenvalue weighted by atomic mass is 9.81. The van der Waals surface area contributed by atoms with E-state index in [1.54, 1.807) is 25.7 Å². The average molecular weight is 1400 g/mol. The molecule has 2 saturated carbocycles. The molecule has 1 aromatic carbocycles. The maximum Gasteiger partial charge on any atom is 0.417 e. The molecule has 0 radical (unpaired) electrons. The fourth-order valence-corrected chi connectivity index (χ4v) is 15.0. The number of carbonyl (C=O) groups excluding carboxylic acids is 12. The summed E-state index contributed by atoms with van der Waals surface area (Å²) in [4.78, 5) is 190. The van der Waals surface area contributed by atoms with E-state index in [1.807, 2.05) is 20.8 Å². The molecule has 9 atom stereocenters. The molecular weight excluding hydrogens is 1290 g/mol. The first-order valence-electron chi connectivity index (χ1n) is 35.2. The first kappa shape index (κ1) is 79.9. The highest BCUT2D eigenvalue weighted by atomic mass is 35.5. The lowest BCUT2D eigenvalue weighted by Crippen LogP contribution is -2.65. The van der Waals surface area contributed by atoms with Crippen molar-refractivity contribution in [2.45, 2.75) is 224 Å². The van der Waals surface area contributed by atoms with Crippen molar-refractivity contribution in [2.75, 3.05) is 88.6 Å². The second-order valence-electron chi connectivity index (χ2n) is 28.7. The Bertz CT molecular complexity index is 3050. The Balaban J connectivity index is 1.44. The fourth-order valence-electron chi connectivity index (χ4n) is 14.7. The normalized spacial score (nSPS) is 26.4. The minimum absolute atomic E-state index is 0.0334. The number of hydrogen-bond acceptors (Lipinski definition) is 12. The van der Waals surface area contributed by atoms with Crippen LogP contribution in [0.5, 0.6) is 0 Å². The first-order valence-corrected chi connectivity index (χ1v) is 35.6. The molecule has 24 nitrogen and oxygen atoms in total. The molecule has 0 aromatic heterocycles. The summed E-state index contributed by atoms with van der Waals surface area (Å²) in [7, 11) is 9.88. The van der Waals surface area contributed by atoms with E-state index in [0.29, 0.717) is 76.4 Å². The van der Waals surface area contributed by atoms with Crippen LogP contribution in [0, 0.1) is 23.7 Å². The summed E-state index contributed by atoms with van der Waals surface area (Å²) in [6.45, 7) is 9.91. The summed E-state index contributed by atoms with van der Waals surface area (Å²) in [5.74, 6) is -9.39. The molecule has 1 spiro atoms. The van der Waals surface area contributed by atoms with E-state index >= 15 is 28.8 Å². The number of aryl methyl sites for hydroxylation is 1. The van der Waals surface area contributed by atoms with Gasteiger partial charge < -0.3 is 60.0 Å². The molecule has 1 unspecified atom stereocenters. The van der Waals surface area contributed by atoms with Crippen molar-refractivity contribution in [1.29, 1.82) is 0 Å². The van der Waals surface area contributed by atoms with Gasteiger partial charge in [-0.05, 0) is 118 Å². The fraction of sp³-hybridized carbons (Fsp3) is 0.743. The van der Waals surface area contributed by atoms with Crippen LogP contribution in [0.3, 0.4) is 0 Å². The van der Waals surface area contributed by atoms with Gasteiger partial charge in [-0.2, -0.15) is 13.2 Å². The zero-order chi connectivity index (χ0) is 72.8. The van der Waals surface area contributed by atoms with Crippen molar-refractivity contribution in [2.24, 2.45) is 23.7 Å². The van der Waals surface area contributed by atoms with Crippen molar-refractivity contribution in [3.05, 3.63) is 34.3 Å². The summed E-state index contributed by atoms with van der Waals surface area (Å²) in [5, 5.41) is 8.12. The quantitative estimate of drug-likeness (QED) is 0.248. The summed E-state index contributed by atoms with van der Waals surface area (Å²) in [6, 6.07) is -5.62. The molecule has 3 saturated heterocycles. The second kappa shape index (κ2) is 35.3. The van der Waals surface area contributed by atoms with Crippen LogP contribution in [-0.4, -0.2) is 251 Å². The van der Waals surface area contributed by atoms with Crippen molar-refractivity contribution < 1.29 is 70.7 Å². The number of benzene rings is 1. The topological polar surface area (TPSA) is 270 Å². The predicted molar refractivity (Wildman–Crippen MR) is 362 cm³/mol. The number of nitrogens with one attached hydrogen (secondary N) is 3. The third kappa shape index (κ3) is 19.7. The largest absolute Gasteiger partial charge is 0.417 e. The number of fused-ring (bicyclic) bond motifs is 1. The van der Waals surface area contributed by atoms with Gasteiger partial charge in [0.15, 0.2) is 0 Å². The van der Waals surface area contributed by atoms with Crippen LogP contribution in [0.15, 0.2) is 18.2 Å². The monoisotopic (exact) mass is 1400 g/mol. The molecular formula is C70H108ClF3N12O12. The molecule has 12 amide bonds.